The van der Waals surface area contributed by atoms with E-state index in [1.807, 2.05) is 0 Å². The van der Waals surface area contributed by atoms with Crippen molar-refractivity contribution in [2.45, 2.75) is 12.8 Å². The summed E-state index contributed by atoms with van der Waals surface area (Å²) in [7, 11) is 0. The Morgan fingerprint density at radius 3 is 2.34 bits per heavy atom. The molecule has 0 radical (unpaired) electrons. The molecule has 0 aliphatic rings. The number of pyridine rings is 1. The highest BCUT2D eigenvalue weighted by atomic mass is 19.4. The van der Waals surface area contributed by atoms with Gasteiger partial charge in [0.1, 0.15) is 23.6 Å². The van der Waals surface area contributed by atoms with Gasteiger partial charge in [-0.15, -0.1) is 0 Å². The zero-order chi connectivity index (χ0) is 21.2. The zero-order valence-corrected chi connectivity index (χ0v) is 14.5. The van der Waals surface area contributed by atoms with Gasteiger partial charge < -0.3 is 20.6 Å². The van der Waals surface area contributed by atoms with Crippen LogP contribution in [-0.4, -0.2) is 26.0 Å². The predicted molar refractivity (Wildman–Crippen MR) is 94.0 cm³/mol. The summed E-state index contributed by atoms with van der Waals surface area (Å²) in [6.45, 7) is 0.0674. The van der Waals surface area contributed by atoms with E-state index in [2.05, 4.69) is 9.97 Å². The summed E-state index contributed by atoms with van der Waals surface area (Å²) >= 11 is 0. The van der Waals surface area contributed by atoms with E-state index in [4.69, 9.17) is 15.6 Å². The number of benzene rings is 1. The van der Waals surface area contributed by atoms with Crippen LogP contribution in [0.4, 0.5) is 13.2 Å². The summed E-state index contributed by atoms with van der Waals surface area (Å²) in [6, 6.07) is 5.97. The molecule has 8 nitrogen and oxygen atoms in total. The van der Waals surface area contributed by atoms with Crippen molar-refractivity contribution in [3.8, 4) is 22.9 Å². The molecule has 3 rings (SSSR count). The molecular formula is C18H13F3N4O4. The second kappa shape index (κ2) is 7.62. The summed E-state index contributed by atoms with van der Waals surface area (Å²) in [6.07, 6.45) is -2.13. The highest BCUT2D eigenvalue weighted by molar-refractivity contribution is 5.94. The Hall–Kier alpha value is -3.89. The molecule has 3 aromatic rings. The number of aromatic amines is 1. The minimum atomic E-state index is -4.85. The Balaban J connectivity index is 1.90. The van der Waals surface area contributed by atoms with Crippen molar-refractivity contribution in [3.05, 3.63) is 69.9 Å². The van der Waals surface area contributed by atoms with Crippen molar-refractivity contribution >= 4 is 5.91 Å². The standard InChI is InChI=1S/C18H13F3N4O4/c19-18(20,21)14-12(5-13(15(22)26)16(27)25-14)10-1-3-11(4-2-10)29-8-9-6-23-17(28)24-7-9/h1-7H,8H2,(H2,22,26)(H,25,27)(H,23,24,28). The summed E-state index contributed by atoms with van der Waals surface area (Å²) in [4.78, 5) is 31.9. The highest BCUT2D eigenvalue weighted by Crippen LogP contribution is 2.35. The van der Waals surface area contributed by atoms with Gasteiger partial charge in [0, 0.05) is 23.5 Å². The van der Waals surface area contributed by atoms with E-state index in [9.17, 15) is 22.8 Å². The fourth-order valence-corrected chi connectivity index (χ4v) is 2.48. The van der Waals surface area contributed by atoms with E-state index in [1.54, 1.807) is 4.98 Å². The molecule has 0 aliphatic heterocycles. The van der Waals surface area contributed by atoms with Gasteiger partial charge in [-0.1, -0.05) is 12.1 Å². The number of halogens is 3. The number of carbonyl (C=O) groups is 1. The molecule has 1 amide bonds. The number of nitrogens with two attached hydrogens (primary N) is 1. The van der Waals surface area contributed by atoms with Crippen LogP contribution in [0.15, 0.2) is 47.5 Å². The van der Waals surface area contributed by atoms with Gasteiger partial charge >= 0.3 is 12.2 Å². The lowest BCUT2D eigenvalue weighted by Gasteiger charge is -2.14. The Kier molecular flexibility index (Phi) is 5.22. The van der Waals surface area contributed by atoms with Gasteiger partial charge in [-0.25, -0.2) is 9.97 Å². The fourth-order valence-electron chi connectivity index (χ4n) is 2.48. The third-order valence-corrected chi connectivity index (χ3v) is 3.85. The lowest BCUT2D eigenvalue weighted by atomic mass is 10.0. The Morgan fingerprint density at radius 2 is 1.79 bits per heavy atom. The fraction of sp³-hybridized carbons (Fsp3) is 0.111. The molecule has 150 valence electrons. The molecule has 0 atom stereocenters. The van der Waals surface area contributed by atoms with Crippen molar-refractivity contribution in [3.63, 3.8) is 0 Å². The molecule has 11 heteroatoms. The first-order valence-electron chi connectivity index (χ1n) is 8.02. The monoisotopic (exact) mass is 406 g/mol. The smallest absolute Gasteiger partial charge is 0.431 e. The number of nitrogens with one attached hydrogen (secondary N) is 1. The number of alkyl halides is 3. The average Bonchev–Trinajstić information content (AvgIpc) is 2.67. The molecule has 0 fully saturated rings. The van der Waals surface area contributed by atoms with Gasteiger partial charge in [0.25, 0.3) is 11.5 Å². The van der Waals surface area contributed by atoms with Crippen molar-refractivity contribution in [1.29, 1.82) is 0 Å². The molecule has 0 bridgehead atoms. The lowest BCUT2D eigenvalue weighted by molar-refractivity contribution is -0.140. The number of aromatic nitrogens is 3. The SMILES string of the molecule is NC(=O)c1cc(-c2ccc(OCc3cnc(O)nc3)cc2)c(C(F)(F)F)[nH]c1=O. The third kappa shape index (κ3) is 4.51. The molecule has 2 heterocycles. The van der Waals surface area contributed by atoms with Crippen LogP contribution in [0.3, 0.4) is 0 Å². The number of hydrogen-bond donors (Lipinski definition) is 3. The number of rotatable bonds is 5. The molecule has 4 N–H and O–H groups in total. The number of primary amides is 1. The van der Waals surface area contributed by atoms with Crippen LogP contribution in [0.1, 0.15) is 21.6 Å². The van der Waals surface area contributed by atoms with Crippen LogP contribution < -0.4 is 16.0 Å². The highest BCUT2D eigenvalue weighted by Gasteiger charge is 2.36. The zero-order valence-electron chi connectivity index (χ0n) is 14.5. The number of ether oxygens (including phenoxy) is 1. The normalized spacial score (nSPS) is 11.3. The summed E-state index contributed by atoms with van der Waals surface area (Å²) < 4.78 is 45.5. The van der Waals surface area contributed by atoms with Gasteiger partial charge in [-0.3, -0.25) is 9.59 Å². The van der Waals surface area contributed by atoms with Gasteiger partial charge in [0.05, 0.1) is 0 Å². The van der Waals surface area contributed by atoms with Crippen LogP contribution in [0.25, 0.3) is 11.1 Å². The van der Waals surface area contributed by atoms with Crippen molar-refractivity contribution < 1.29 is 27.8 Å². The number of aromatic hydroxyl groups is 1. The maximum Gasteiger partial charge on any atom is 0.431 e. The van der Waals surface area contributed by atoms with E-state index >= 15 is 0 Å². The molecule has 1 aromatic carbocycles. The van der Waals surface area contributed by atoms with Gasteiger partial charge in [-0.2, -0.15) is 13.2 Å². The van der Waals surface area contributed by atoms with E-state index in [0.717, 1.165) is 6.07 Å². The predicted octanol–water partition coefficient (Wildman–Crippen LogP) is 2.23. The van der Waals surface area contributed by atoms with Crippen LogP contribution in [0.5, 0.6) is 11.8 Å². The Bertz CT molecular complexity index is 1090. The lowest BCUT2D eigenvalue weighted by Crippen LogP contribution is -2.27. The molecule has 0 saturated heterocycles. The summed E-state index contributed by atoms with van der Waals surface area (Å²) in [5.41, 5.74) is 2.24. The van der Waals surface area contributed by atoms with Gasteiger partial charge in [0.2, 0.25) is 0 Å². The largest absolute Gasteiger partial charge is 0.489 e. The van der Waals surface area contributed by atoms with E-state index in [0.29, 0.717) is 11.3 Å². The maximum atomic E-state index is 13.3. The number of carbonyl (C=O) groups excluding carboxylic acids is 1. The van der Waals surface area contributed by atoms with Crippen molar-refractivity contribution in [2.75, 3.05) is 0 Å². The second-order valence-corrected chi connectivity index (χ2v) is 5.87. The number of hydrogen-bond acceptors (Lipinski definition) is 6. The van der Waals surface area contributed by atoms with E-state index in [-0.39, 0.29) is 18.2 Å². The molecular weight excluding hydrogens is 393 g/mol. The molecule has 0 spiro atoms. The van der Waals surface area contributed by atoms with Crippen LogP contribution in [0, 0.1) is 0 Å². The van der Waals surface area contributed by atoms with Crippen molar-refractivity contribution in [2.24, 2.45) is 5.73 Å². The van der Waals surface area contributed by atoms with E-state index in [1.165, 1.54) is 36.7 Å². The minimum absolute atomic E-state index is 0.0674. The van der Waals surface area contributed by atoms with Crippen molar-refractivity contribution in [1.82, 2.24) is 15.0 Å². The summed E-state index contributed by atoms with van der Waals surface area (Å²) in [5, 5.41) is 9.04. The van der Waals surface area contributed by atoms with Crippen LogP contribution >= 0.6 is 0 Å². The molecule has 0 aliphatic carbocycles. The number of H-pyrrole nitrogens is 1. The van der Waals surface area contributed by atoms with E-state index < -0.39 is 34.5 Å². The topological polar surface area (TPSA) is 131 Å². The Labute approximate surface area is 160 Å². The minimum Gasteiger partial charge on any atom is -0.489 e. The number of amides is 1. The van der Waals surface area contributed by atoms with Crippen LogP contribution in [-0.2, 0) is 12.8 Å². The summed E-state index contributed by atoms with van der Waals surface area (Å²) in [5.74, 6) is -0.799. The molecule has 29 heavy (non-hydrogen) atoms. The maximum absolute atomic E-state index is 13.3. The second-order valence-electron chi connectivity index (χ2n) is 5.87. The first-order valence-corrected chi connectivity index (χ1v) is 8.02. The quantitative estimate of drug-likeness (QED) is 0.596. The van der Waals surface area contributed by atoms with Gasteiger partial charge in [-0.05, 0) is 23.8 Å². The first-order chi connectivity index (χ1) is 13.6. The Morgan fingerprint density at radius 1 is 1.17 bits per heavy atom. The molecule has 2 aromatic heterocycles. The number of nitrogens with zero attached hydrogens (tertiary/aromatic N) is 2. The van der Waals surface area contributed by atoms with Gasteiger partial charge in [0.15, 0.2) is 0 Å². The third-order valence-electron chi connectivity index (χ3n) is 3.85. The molecule has 0 unspecified atom stereocenters. The molecule has 0 saturated carbocycles. The van der Waals surface area contributed by atoms with Crippen LogP contribution in [0.2, 0.25) is 0 Å². The average molecular weight is 406 g/mol. The first kappa shape index (κ1) is 19.9.